The molecule has 1 aliphatic rings. The first kappa shape index (κ1) is 16.6. The van der Waals surface area contributed by atoms with Gasteiger partial charge >= 0.3 is 5.97 Å². The molecule has 1 aliphatic heterocycles. The van der Waals surface area contributed by atoms with Crippen LogP contribution in [0.3, 0.4) is 0 Å². The average molecular weight is 331 g/mol. The molecule has 2 aromatic rings. The molecule has 0 saturated carbocycles. The molecule has 0 amide bonds. The van der Waals surface area contributed by atoms with Gasteiger partial charge in [-0.05, 0) is 43.0 Å². The summed E-state index contributed by atoms with van der Waals surface area (Å²) in [6.07, 6.45) is 2.89. The Hall–Kier alpha value is -2.24. The zero-order chi connectivity index (χ0) is 17.1. The fourth-order valence-corrected chi connectivity index (χ4v) is 2.90. The summed E-state index contributed by atoms with van der Waals surface area (Å²) in [5.41, 5.74) is 0.780. The average Bonchev–Trinajstić information content (AvgIpc) is 3.11. The topological polar surface area (TPSA) is 57.0 Å². The van der Waals surface area contributed by atoms with Crippen LogP contribution in [0.1, 0.15) is 38.3 Å². The van der Waals surface area contributed by atoms with Crippen molar-refractivity contribution < 1.29 is 13.9 Å². The lowest BCUT2D eigenvalue weighted by Crippen LogP contribution is -2.11. The van der Waals surface area contributed by atoms with Crippen molar-refractivity contribution in [1.29, 1.82) is 0 Å². The van der Waals surface area contributed by atoms with Crippen LogP contribution in [0, 0.1) is 17.7 Å². The fourth-order valence-electron chi connectivity index (χ4n) is 2.90. The molecule has 3 rings (SSSR count). The van der Waals surface area contributed by atoms with Gasteiger partial charge in [-0.1, -0.05) is 13.8 Å². The summed E-state index contributed by atoms with van der Waals surface area (Å²) in [6, 6.07) is 6.21. The molecule has 1 atom stereocenters. The van der Waals surface area contributed by atoms with Crippen molar-refractivity contribution in [3.05, 3.63) is 41.7 Å². The van der Waals surface area contributed by atoms with E-state index in [1.54, 1.807) is 16.8 Å². The van der Waals surface area contributed by atoms with Gasteiger partial charge in [0.1, 0.15) is 11.6 Å². The van der Waals surface area contributed by atoms with Crippen LogP contribution in [-0.4, -0.2) is 27.3 Å². The molecule has 0 radical (unpaired) electrons. The van der Waals surface area contributed by atoms with E-state index in [0.29, 0.717) is 25.4 Å². The van der Waals surface area contributed by atoms with E-state index in [4.69, 9.17) is 4.74 Å². The highest BCUT2D eigenvalue weighted by Crippen LogP contribution is 2.21. The summed E-state index contributed by atoms with van der Waals surface area (Å²) in [7, 11) is 0. The van der Waals surface area contributed by atoms with Crippen LogP contribution >= 0.6 is 0 Å². The lowest BCUT2D eigenvalue weighted by Gasteiger charge is -2.07. The van der Waals surface area contributed by atoms with Gasteiger partial charge in [-0.15, -0.1) is 0 Å². The van der Waals surface area contributed by atoms with Crippen molar-refractivity contribution in [3.63, 3.8) is 0 Å². The van der Waals surface area contributed by atoms with Gasteiger partial charge in [-0.25, -0.2) is 14.1 Å². The van der Waals surface area contributed by atoms with Crippen LogP contribution in [0.25, 0.3) is 5.69 Å². The number of rotatable bonds is 6. The summed E-state index contributed by atoms with van der Waals surface area (Å²) in [6.45, 7) is 4.74. The molecule has 0 bridgehead atoms. The van der Waals surface area contributed by atoms with E-state index in [1.807, 2.05) is 0 Å². The van der Waals surface area contributed by atoms with Crippen molar-refractivity contribution in [2.75, 3.05) is 6.61 Å². The third-order valence-electron chi connectivity index (χ3n) is 4.14. The highest BCUT2D eigenvalue weighted by atomic mass is 19.1. The molecule has 2 heterocycles. The van der Waals surface area contributed by atoms with E-state index in [1.165, 1.54) is 12.1 Å². The van der Waals surface area contributed by atoms with Gasteiger partial charge in [0.2, 0.25) is 0 Å². The molecule has 0 spiro atoms. The molecule has 0 aliphatic carbocycles. The van der Waals surface area contributed by atoms with Crippen molar-refractivity contribution in [3.8, 4) is 5.69 Å². The predicted molar refractivity (Wildman–Crippen MR) is 87.2 cm³/mol. The molecular weight excluding hydrogens is 309 g/mol. The van der Waals surface area contributed by atoms with Crippen LogP contribution in [0.2, 0.25) is 0 Å². The van der Waals surface area contributed by atoms with Crippen molar-refractivity contribution >= 4 is 5.97 Å². The van der Waals surface area contributed by atoms with Gasteiger partial charge in [0.25, 0.3) is 0 Å². The summed E-state index contributed by atoms with van der Waals surface area (Å²) in [5, 5.41) is 4.58. The number of aryl methyl sites for hydroxylation is 1. The van der Waals surface area contributed by atoms with Crippen molar-refractivity contribution in [1.82, 2.24) is 14.8 Å². The smallest absolute Gasteiger partial charge is 0.309 e. The van der Waals surface area contributed by atoms with Crippen molar-refractivity contribution in [2.24, 2.45) is 11.8 Å². The highest BCUT2D eigenvalue weighted by molar-refractivity contribution is 5.74. The monoisotopic (exact) mass is 331 g/mol. The number of nitrogens with zero attached hydrogens (tertiary/aromatic N) is 3. The number of benzene rings is 1. The van der Waals surface area contributed by atoms with Crippen LogP contribution in [0.15, 0.2) is 24.3 Å². The third-order valence-corrected chi connectivity index (χ3v) is 4.14. The zero-order valence-corrected chi connectivity index (χ0v) is 14.0. The van der Waals surface area contributed by atoms with Crippen LogP contribution in [-0.2, 0) is 22.4 Å². The number of aromatic nitrogens is 3. The number of carbonyl (C=O) groups excluding carboxylic acids is 1. The normalized spacial score (nSPS) is 17.5. The molecule has 0 N–H and O–H groups in total. The molecule has 1 fully saturated rings. The summed E-state index contributed by atoms with van der Waals surface area (Å²) in [4.78, 5) is 16.3. The number of halogens is 1. The zero-order valence-electron chi connectivity index (χ0n) is 14.0. The number of cyclic esters (lactones) is 1. The Labute approximate surface area is 140 Å². The Bertz CT molecular complexity index is 710. The summed E-state index contributed by atoms with van der Waals surface area (Å²) >= 11 is 0. The summed E-state index contributed by atoms with van der Waals surface area (Å²) in [5.74, 6) is 1.57. The van der Waals surface area contributed by atoms with Gasteiger partial charge in [0.05, 0.1) is 18.2 Å². The SMILES string of the molecule is CC(C)Cc1nc(CCC2CCOC2=O)n(-c2ccc(F)cc2)n1. The van der Waals surface area contributed by atoms with E-state index < -0.39 is 0 Å². The molecule has 1 unspecified atom stereocenters. The van der Waals surface area contributed by atoms with Gasteiger partial charge in [0, 0.05) is 12.8 Å². The number of ether oxygens (including phenoxy) is 1. The maximum absolute atomic E-state index is 13.2. The van der Waals surface area contributed by atoms with Crippen molar-refractivity contribution in [2.45, 2.75) is 39.5 Å². The number of carbonyl (C=O) groups is 1. The van der Waals surface area contributed by atoms with Gasteiger partial charge < -0.3 is 4.74 Å². The van der Waals surface area contributed by atoms with E-state index in [-0.39, 0.29) is 17.7 Å². The minimum atomic E-state index is -0.281. The van der Waals surface area contributed by atoms with E-state index in [9.17, 15) is 9.18 Å². The first-order valence-corrected chi connectivity index (χ1v) is 8.40. The third kappa shape index (κ3) is 3.80. The van der Waals surface area contributed by atoms with Crippen LogP contribution in [0.5, 0.6) is 0 Å². The Morgan fingerprint density at radius 2 is 2.08 bits per heavy atom. The molecule has 1 aromatic heterocycles. The standard InChI is InChI=1S/C18H22FN3O2/c1-12(2)11-16-20-17(8-3-13-9-10-24-18(13)23)22(21-16)15-6-4-14(19)5-7-15/h4-7,12-13H,3,8-11H2,1-2H3. The predicted octanol–water partition coefficient (Wildman–Crippen LogP) is 3.10. The molecule has 1 aromatic carbocycles. The lowest BCUT2D eigenvalue weighted by molar-refractivity contribution is -0.141. The minimum absolute atomic E-state index is 0.0584. The Morgan fingerprint density at radius 1 is 1.33 bits per heavy atom. The van der Waals surface area contributed by atoms with Gasteiger partial charge in [-0.3, -0.25) is 4.79 Å². The Kier molecular flexibility index (Phi) is 4.92. The number of hydrogen-bond acceptors (Lipinski definition) is 4. The van der Waals surface area contributed by atoms with E-state index in [0.717, 1.165) is 30.2 Å². The molecule has 6 heteroatoms. The quantitative estimate of drug-likeness (QED) is 0.763. The van der Waals surface area contributed by atoms with E-state index >= 15 is 0 Å². The molecule has 5 nitrogen and oxygen atoms in total. The number of hydrogen-bond donors (Lipinski definition) is 0. The van der Waals surface area contributed by atoms with Crippen LogP contribution in [0.4, 0.5) is 4.39 Å². The first-order valence-electron chi connectivity index (χ1n) is 8.40. The molecular formula is C18H22FN3O2. The second kappa shape index (κ2) is 7.11. The Balaban J connectivity index is 1.83. The van der Waals surface area contributed by atoms with Crippen LogP contribution < -0.4 is 0 Å². The largest absolute Gasteiger partial charge is 0.465 e. The first-order chi connectivity index (χ1) is 11.5. The summed E-state index contributed by atoms with van der Waals surface area (Å²) < 4.78 is 20.0. The molecule has 24 heavy (non-hydrogen) atoms. The van der Waals surface area contributed by atoms with E-state index in [2.05, 4.69) is 23.9 Å². The van der Waals surface area contributed by atoms with Gasteiger partial charge in [0.15, 0.2) is 5.82 Å². The second-order valence-electron chi connectivity index (χ2n) is 6.62. The fraction of sp³-hybridized carbons (Fsp3) is 0.500. The maximum Gasteiger partial charge on any atom is 0.309 e. The maximum atomic E-state index is 13.2. The van der Waals surface area contributed by atoms with Gasteiger partial charge in [-0.2, -0.15) is 5.10 Å². The molecule has 1 saturated heterocycles. The second-order valence-corrected chi connectivity index (χ2v) is 6.62. The molecule has 128 valence electrons. The lowest BCUT2D eigenvalue weighted by atomic mass is 10.0. The Morgan fingerprint density at radius 3 is 2.71 bits per heavy atom. The number of esters is 1. The highest BCUT2D eigenvalue weighted by Gasteiger charge is 2.27. The minimum Gasteiger partial charge on any atom is -0.465 e.